The van der Waals surface area contributed by atoms with Crippen molar-refractivity contribution in [2.45, 2.75) is 0 Å². The number of nitrogens with zero attached hydrogens (tertiary/aromatic N) is 1. The Bertz CT molecular complexity index is 636. The Hall–Kier alpha value is -2.89. The van der Waals surface area contributed by atoms with Crippen LogP contribution in [0.2, 0.25) is 0 Å². The molecular weight excluding hydrogens is 272 g/mol. The van der Waals surface area contributed by atoms with Crippen molar-refractivity contribution in [3.8, 4) is 5.88 Å². The van der Waals surface area contributed by atoms with Crippen molar-refractivity contribution in [1.82, 2.24) is 4.98 Å². The Morgan fingerprint density at radius 2 is 1.67 bits per heavy atom. The van der Waals surface area contributed by atoms with Crippen molar-refractivity contribution in [2.75, 3.05) is 19.5 Å². The number of hydrogen-bond donors (Lipinski definition) is 1. The van der Waals surface area contributed by atoms with Crippen molar-refractivity contribution in [2.24, 2.45) is 0 Å². The molecule has 1 aromatic heterocycles. The standard InChI is InChI=1S/C15H14N2O4/c1-20-13-8-5-11(9-16-13)14(18)17-12-6-3-10(4-7-12)15(19)21-2/h3-9H,1-2H3,(H,17,18). The lowest BCUT2D eigenvalue weighted by molar-refractivity contribution is 0.0600. The summed E-state index contributed by atoms with van der Waals surface area (Å²) in [7, 11) is 2.82. The van der Waals surface area contributed by atoms with E-state index in [0.717, 1.165) is 0 Å². The predicted octanol–water partition coefficient (Wildman–Crippen LogP) is 2.13. The van der Waals surface area contributed by atoms with E-state index in [-0.39, 0.29) is 5.91 Å². The minimum atomic E-state index is -0.424. The van der Waals surface area contributed by atoms with Gasteiger partial charge in [0, 0.05) is 18.0 Å². The van der Waals surface area contributed by atoms with E-state index in [4.69, 9.17) is 4.74 Å². The van der Waals surface area contributed by atoms with E-state index in [1.165, 1.54) is 20.4 Å². The fourth-order valence-corrected chi connectivity index (χ4v) is 1.65. The molecule has 2 rings (SSSR count). The SMILES string of the molecule is COC(=O)c1ccc(NC(=O)c2ccc(OC)nc2)cc1. The summed E-state index contributed by atoms with van der Waals surface area (Å²) in [5.41, 5.74) is 1.40. The molecule has 108 valence electrons. The minimum Gasteiger partial charge on any atom is -0.481 e. The van der Waals surface area contributed by atoms with Crippen molar-refractivity contribution >= 4 is 17.6 Å². The van der Waals surface area contributed by atoms with Crippen LogP contribution in [0.15, 0.2) is 42.6 Å². The Morgan fingerprint density at radius 1 is 1.00 bits per heavy atom. The molecule has 6 nitrogen and oxygen atoms in total. The van der Waals surface area contributed by atoms with Gasteiger partial charge in [0.1, 0.15) is 0 Å². The first-order chi connectivity index (χ1) is 10.1. The third-order valence-corrected chi connectivity index (χ3v) is 2.77. The van der Waals surface area contributed by atoms with Gasteiger partial charge in [0.2, 0.25) is 5.88 Å². The van der Waals surface area contributed by atoms with E-state index < -0.39 is 5.97 Å². The smallest absolute Gasteiger partial charge is 0.337 e. The van der Waals surface area contributed by atoms with E-state index in [9.17, 15) is 9.59 Å². The molecule has 0 fully saturated rings. The second kappa shape index (κ2) is 6.51. The number of pyridine rings is 1. The molecule has 0 aliphatic carbocycles. The highest BCUT2D eigenvalue weighted by Gasteiger charge is 2.08. The number of anilines is 1. The molecule has 6 heteroatoms. The third kappa shape index (κ3) is 3.56. The van der Waals surface area contributed by atoms with Gasteiger partial charge >= 0.3 is 5.97 Å². The van der Waals surface area contributed by atoms with Gasteiger partial charge in [0.05, 0.1) is 25.3 Å². The Balaban J connectivity index is 2.06. The van der Waals surface area contributed by atoms with Crippen molar-refractivity contribution in [3.05, 3.63) is 53.7 Å². The Kier molecular flexibility index (Phi) is 4.50. The maximum Gasteiger partial charge on any atom is 0.337 e. The summed E-state index contributed by atoms with van der Waals surface area (Å²) in [6, 6.07) is 9.63. The van der Waals surface area contributed by atoms with E-state index >= 15 is 0 Å². The van der Waals surface area contributed by atoms with E-state index in [1.807, 2.05) is 0 Å². The lowest BCUT2D eigenvalue weighted by Gasteiger charge is -2.06. The molecule has 0 atom stereocenters. The van der Waals surface area contributed by atoms with Crippen molar-refractivity contribution in [3.63, 3.8) is 0 Å². The van der Waals surface area contributed by atoms with Crippen LogP contribution in [0.4, 0.5) is 5.69 Å². The normalized spacial score (nSPS) is 9.81. The molecule has 0 unspecified atom stereocenters. The van der Waals surface area contributed by atoms with Crippen LogP contribution >= 0.6 is 0 Å². The largest absolute Gasteiger partial charge is 0.481 e. The average Bonchev–Trinajstić information content (AvgIpc) is 2.55. The number of hydrogen-bond acceptors (Lipinski definition) is 5. The maximum atomic E-state index is 12.0. The van der Waals surface area contributed by atoms with Crippen molar-refractivity contribution < 1.29 is 19.1 Å². The summed E-state index contributed by atoms with van der Waals surface area (Å²) in [4.78, 5) is 27.3. The molecule has 1 heterocycles. The molecule has 0 spiro atoms. The van der Waals surface area contributed by atoms with Gasteiger partial charge in [-0.25, -0.2) is 9.78 Å². The van der Waals surface area contributed by atoms with Crippen LogP contribution in [0.3, 0.4) is 0 Å². The van der Waals surface area contributed by atoms with Crippen LogP contribution in [0.25, 0.3) is 0 Å². The van der Waals surface area contributed by atoms with Crippen LogP contribution in [-0.2, 0) is 4.74 Å². The summed E-state index contributed by atoms with van der Waals surface area (Å²) >= 11 is 0. The summed E-state index contributed by atoms with van der Waals surface area (Å²) in [6.45, 7) is 0. The van der Waals surface area contributed by atoms with E-state index in [0.29, 0.717) is 22.7 Å². The van der Waals surface area contributed by atoms with E-state index in [2.05, 4.69) is 15.0 Å². The second-order valence-corrected chi connectivity index (χ2v) is 4.11. The zero-order chi connectivity index (χ0) is 15.2. The molecule has 1 amide bonds. The van der Waals surface area contributed by atoms with Crippen LogP contribution in [-0.4, -0.2) is 31.1 Å². The highest BCUT2D eigenvalue weighted by atomic mass is 16.5. The highest BCUT2D eigenvalue weighted by molar-refractivity contribution is 6.04. The number of aromatic nitrogens is 1. The minimum absolute atomic E-state index is 0.295. The van der Waals surface area contributed by atoms with Crippen molar-refractivity contribution in [1.29, 1.82) is 0 Å². The van der Waals surface area contributed by atoms with Gasteiger partial charge in [-0.05, 0) is 30.3 Å². The number of esters is 1. The quantitative estimate of drug-likeness (QED) is 0.871. The van der Waals surface area contributed by atoms with Crippen LogP contribution in [0.1, 0.15) is 20.7 Å². The molecule has 0 bridgehead atoms. The summed E-state index contributed by atoms with van der Waals surface area (Å²) < 4.78 is 9.53. The molecule has 21 heavy (non-hydrogen) atoms. The fraction of sp³-hybridized carbons (Fsp3) is 0.133. The number of methoxy groups -OCH3 is 2. The first-order valence-corrected chi connectivity index (χ1v) is 6.14. The topological polar surface area (TPSA) is 77.5 Å². The van der Waals surface area contributed by atoms with Crippen LogP contribution in [0.5, 0.6) is 5.88 Å². The van der Waals surface area contributed by atoms with Gasteiger partial charge in [-0.1, -0.05) is 0 Å². The molecule has 0 aliphatic rings. The molecule has 2 aromatic rings. The zero-order valence-electron chi connectivity index (χ0n) is 11.6. The Labute approximate surface area is 121 Å². The lowest BCUT2D eigenvalue weighted by atomic mass is 10.2. The van der Waals surface area contributed by atoms with Gasteiger partial charge < -0.3 is 14.8 Å². The van der Waals surface area contributed by atoms with Gasteiger partial charge in [0.25, 0.3) is 5.91 Å². The summed E-state index contributed by atoms with van der Waals surface area (Å²) in [6.07, 6.45) is 1.43. The molecule has 1 aromatic carbocycles. The number of ether oxygens (including phenoxy) is 2. The van der Waals surface area contributed by atoms with E-state index in [1.54, 1.807) is 36.4 Å². The summed E-state index contributed by atoms with van der Waals surface area (Å²) in [5, 5.41) is 2.71. The average molecular weight is 286 g/mol. The van der Waals surface area contributed by atoms with Gasteiger partial charge in [-0.3, -0.25) is 4.79 Å². The molecule has 0 aliphatic heterocycles. The lowest BCUT2D eigenvalue weighted by Crippen LogP contribution is -2.12. The fourth-order valence-electron chi connectivity index (χ4n) is 1.65. The highest BCUT2D eigenvalue weighted by Crippen LogP contribution is 2.13. The van der Waals surface area contributed by atoms with Crippen LogP contribution < -0.4 is 10.1 Å². The maximum absolute atomic E-state index is 12.0. The molecule has 0 saturated carbocycles. The van der Waals surface area contributed by atoms with Crippen LogP contribution in [0, 0.1) is 0 Å². The molecule has 0 saturated heterocycles. The monoisotopic (exact) mass is 286 g/mol. The number of carbonyl (C=O) groups excluding carboxylic acids is 2. The van der Waals surface area contributed by atoms with Gasteiger partial charge in [-0.2, -0.15) is 0 Å². The third-order valence-electron chi connectivity index (χ3n) is 2.77. The number of nitrogens with one attached hydrogen (secondary N) is 1. The zero-order valence-corrected chi connectivity index (χ0v) is 11.6. The van der Waals surface area contributed by atoms with Gasteiger partial charge in [-0.15, -0.1) is 0 Å². The first-order valence-electron chi connectivity index (χ1n) is 6.14. The molecule has 0 radical (unpaired) electrons. The number of amides is 1. The number of carbonyl (C=O) groups is 2. The first kappa shape index (κ1) is 14.5. The number of rotatable bonds is 4. The Morgan fingerprint density at radius 3 is 2.19 bits per heavy atom. The molecular formula is C15H14N2O4. The second-order valence-electron chi connectivity index (χ2n) is 4.11. The number of benzene rings is 1. The summed E-state index contributed by atoms with van der Waals surface area (Å²) in [5.74, 6) is -0.280. The van der Waals surface area contributed by atoms with Gasteiger partial charge in [0.15, 0.2) is 0 Å². The molecule has 1 N–H and O–H groups in total. The predicted molar refractivity (Wildman–Crippen MR) is 76.5 cm³/mol.